The third-order valence-electron chi connectivity index (χ3n) is 4.06. The smallest absolute Gasteiger partial charge is 0.230 e. The Morgan fingerprint density at radius 3 is 2.40 bits per heavy atom. The van der Waals surface area contributed by atoms with Gasteiger partial charge in [0, 0.05) is 12.1 Å². The van der Waals surface area contributed by atoms with Crippen molar-refractivity contribution in [1.29, 1.82) is 0 Å². The lowest BCUT2D eigenvalue weighted by Gasteiger charge is -2.30. The van der Waals surface area contributed by atoms with Crippen LogP contribution in [0.4, 0.5) is 4.39 Å². The fourth-order valence-electron chi connectivity index (χ4n) is 2.96. The largest absolute Gasteiger partial charge is 0.355 e. The predicted molar refractivity (Wildman–Crippen MR) is 79.0 cm³/mol. The number of carbonyl (C=O) groups is 1. The van der Waals surface area contributed by atoms with Gasteiger partial charge in [0.15, 0.2) is 0 Å². The number of hydrogen-bond donors (Lipinski definition) is 1. The normalized spacial score (nSPS) is 18.0. The zero-order valence-electron chi connectivity index (χ0n) is 12.6. The van der Waals surface area contributed by atoms with Crippen LogP contribution in [0.1, 0.15) is 52.0 Å². The minimum absolute atomic E-state index is 0.0185. The lowest BCUT2D eigenvalue weighted by molar-refractivity contribution is -0.127. The van der Waals surface area contributed by atoms with Crippen LogP contribution in [0.2, 0.25) is 0 Å². The first-order chi connectivity index (χ1) is 9.35. The third kappa shape index (κ3) is 3.02. The van der Waals surface area contributed by atoms with Crippen LogP contribution < -0.4 is 5.32 Å². The fourth-order valence-corrected chi connectivity index (χ4v) is 2.96. The summed E-state index contributed by atoms with van der Waals surface area (Å²) in [5.74, 6) is -0.282. The molecule has 2 nitrogen and oxygen atoms in total. The molecule has 1 aromatic rings. The molecule has 2 rings (SSSR count). The van der Waals surface area contributed by atoms with E-state index in [0.29, 0.717) is 12.1 Å². The molecule has 0 spiro atoms. The Balaban J connectivity index is 2.27. The zero-order chi connectivity index (χ0) is 14.8. The zero-order valence-corrected chi connectivity index (χ0v) is 12.6. The minimum atomic E-state index is -0.670. The number of benzene rings is 1. The van der Waals surface area contributed by atoms with Gasteiger partial charge in [-0.15, -0.1) is 0 Å². The molecule has 1 amide bonds. The summed E-state index contributed by atoms with van der Waals surface area (Å²) in [5, 5.41) is 3.03. The Morgan fingerprint density at radius 2 is 1.85 bits per heavy atom. The van der Waals surface area contributed by atoms with Crippen molar-refractivity contribution in [1.82, 2.24) is 5.32 Å². The maximum atomic E-state index is 14.1. The molecular formula is C17H24FNO. The van der Waals surface area contributed by atoms with Crippen molar-refractivity contribution in [3.8, 4) is 0 Å². The van der Waals surface area contributed by atoms with Crippen LogP contribution in [-0.4, -0.2) is 12.5 Å². The van der Waals surface area contributed by atoms with Crippen LogP contribution in [0.3, 0.4) is 0 Å². The Labute approximate surface area is 120 Å². The quantitative estimate of drug-likeness (QED) is 0.894. The highest BCUT2D eigenvalue weighted by Gasteiger charge is 2.44. The first-order valence-electron chi connectivity index (χ1n) is 7.38. The number of nitrogens with one attached hydrogen (secondary N) is 1. The summed E-state index contributed by atoms with van der Waals surface area (Å²) >= 11 is 0. The standard InChI is InChI=1S/C17H24FNO/c1-16(2,3)12-19-15(20)17(10-6-7-11-17)13-8-4-5-9-14(13)18/h4-5,8-9H,6-7,10-12H2,1-3H3,(H,19,20). The van der Waals surface area contributed by atoms with E-state index in [-0.39, 0.29) is 17.1 Å². The van der Waals surface area contributed by atoms with Crippen molar-refractivity contribution in [3.63, 3.8) is 0 Å². The molecule has 0 aliphatic heterocycles. The Hall–Kier alpha value is -1.38. The second-order valence-electron chi connectivity index (χ2n) is 7.01. The molecule has 1 aliphatic rings. The Bertz CT molecular complexity index is 484. The summed E-state index contributed by atoms with van der Waals surface area (Å²) in [5.41, 5.74) is -0.0784. The van der Waals surface area contributed by atoms with Gasteiger partial charge < -0.3 is 5.32 Å². The monoisotopic (exact) mass is 277 g/mol. The van der Waals surface area contributed by atoms with Gasteiger partial charge in [0.05, 0.1) is 5.41 Å². The van der Waals surface area contributed by atoms with Crippen molar-refractivity contribution in [2.75, 3.05) is 6.54 Å². The van der Waals surface area contributed by atoms with E-state index in [1.165, 1.54) is 6.07 Å². The molecule has 0 atom stereocenters. The summed E-state index contributed by atoms with van der Waals surface area (Å²) in [6.07, 6.45) is 3.45. The Kier molecular flexibility index (Phi) is 4.17. The van der Waals surface area contributed by atoms with Gasteiger partial charge in [-0.05, 0) is 24.3 Å². The maximum Gasteiger partial charge on any atom is 0.230 e. The van der Waals surface area contributed by atoms with E-state index in [4.69, 9.17) is 0 Å². The highest BCUT2D eigenvalue weighted by Crippen LogP contribution is 2.42. The molecule has 1 saturated carbocycles. The number of rotatable bonds is 3. The first-order valence-corrected chi connectivity index (χ1v) is 7.38. The molecule has 0 unspecified atom stereocenters. The van der Waals surface area contributed by atoms with Crippen molar-refractivity contribution in [3.05, 3.63) is 35.6 Å². The topological polar surface area (TPSA) is 29.1 Å². The number of carbonyl (C=O) groups excluding carboxylic acids is 1. The maximum absolute atomic E-state index is 14.1. The van der Waals surface area contributed by atoms with Crippen molar-refractivity contribution < 1.29 is 9.18 Å². The van der Waals surface area contributed by atoms with E-state index < -0.39 is 5.41 Å². The van der Waals surface area contributed by atoms with Gasteiger partial charge in [-0.3, -0.25) is 4.79 Å². The molecule has 110 valence electrons. The first kappa shape index (κ1) is 15.0. The highest BCUT2D eigenvalue weighted by molar-refractivity contribution is 5.88. The average Bonchev–Trinajstić information content (AvgIpc) is 2.86. The van der Waals surface area contributed by atoms with E-state index in [1.807, 2.05) is 6.07 Å². The van der Waals surface area contributed by atoms with Gasteiger partial charge in [-0.2, -0.15) is 0 Å². The predicted octanol–water partition coefficient (Wildman–Crippen LogP) is 3.80. The molecular weight excluding hydrogens is 253 g/mol. The van der Waals surface area contributed by atoms with E-state index in [1.54, 1.807) is 12.1 Å². The van der Waals surface area contributed by atoms with Gasteiger partial charge in [-0.25, -0.2) is 4.39 Å². The van der Waals surface area contributed by atoms with E-state index >= 15 is 0 Å². The molecule has 20 heavy (non-hydrogen) atoms. The lowest BCUT2D eigenvalue weighted by Crippen LogP contribution is -2.45. The Morgan fingerprint density at radius 1 is 1.25 bits per heavy atom. The molecule has 1 aliphatic carbocycles. The number of hydrogen-bond acceptors (Lipinski definition) is 1. The van der Waals surface area contributed by atoms with Crippen LogP contribution >= 0.6 is 0 Å². The summed E-state index contributed by atoms with van der Waals surface area (Å²) < 4.78 is 14.1. The highest BCUT2D eigenvalue weighted by atomic mass is 19.1. The van der Waals surface area contributed by atoms with E-state index in [0.717, 1.165) is 25.7 Å². The molecule has 0 saturated heterocycles. The second-order valence-corrected chi connectivity index (χ2v) is 7.01. The number of amides is 1. The summed E-state index contributed by atoms with van der Waals surface area (Å²) in [6.45, 7) is 6.86. The summed E-state index contributed by atoms with van der Waals surface area (Å²) in [7, 11) is 0. The summed E-state index contributed by atoms with van der Waals surface area (Å²) in [4.78, 5) is 12.7. The molecule has 0 bridgehead atoms. The van der Waals surface area contributed by atoms with Gasteiger partial charge in [0.2, 0.25) is 5.91 Å². The van der Waals surface area contributed by atoms with Gasteiger partial charge in [-0.1, -0.05) is 51.8 Å². The third-order valence-corrected chi connectivity index (χ3v) is 4.06. The molecule has 3 heteroatoms. The molecule has 0 radical (unpaired) electrons. The molecule has 1 aromatic carbocycles. The van der Waals surface area contributed by atoms with Crippen molar-refractivity contribution in [2.45, 2.75) is 51.9 Å². The van der Waals surface area contributed by atoms with Crippen LogP contribution in [0, 0.1) is 11.2 Å². The van der Waals surface area contributed by atoms with Gasteiger partial charge in [0.25, 0.3) is 0 Å². The van der Waals surface area contributed by atoms with E-state index in [2.05, 4.69) is 26.1 Å². The summed E-state index contributed by atoms with van der Waals surface area (Å²) in [6, 6.07) is 6.70. The SMILES string of the molecule is CC(C)(C)CNC(=O)C1(c2ccccc2F)CCCC1. The van der Waals surface area contributed by atoms with Crippen LogP contribution in [0.25, 0.3) is 0 Å². The van der Waals surface area contributed by atoms with Crippen LogP contribution in [-0.2, 0) is 10.2 Å². The molecule has 1 fully saturated rings. The lowest BCUT2D eigenvalue weighted by atomic mass is 9.77. The molecule has 0 heterocycles. The van der Waals surface area contributed by atoms with Crippen LogP contribution in [0.15, 0.2) is 24.3 Å². The average molecular weight is 277 g/mol. The molecule has 0 aromatic heterocycles. The van der Waals surface area contributed by atoms with Crippen molar-refractivity contribution in [2.24, 2.45) is 5.41 Å². The van der Waals surface area contributed by atoms with Gasteiger partial charge >= 0.3 is 0 Å². The minimum Gasteiger partial charge on any atom is -0.355 e. The number of halogens is 1. The second kappa shape index (κ2) is 5.55. The molecule has 1 N–H and O–H groups in total. The van der Waals surface area contributed by atoms with Crippen LogP contribution in [0.5, 0.6) is 0 Å². The van der Waals surface area contributed by atoms with E-state index in [9.17, 15) is 9.18 Å². The van der Waals surface area contributed by atoms with Crippen molar-refractivity contribution >= 4 is 5.91 Å². The fraction of sp³-hybridized carbons (Fsp3) is 0.588. The van der Waals surface area contributed by atoms with Gasteiger partial charge in [0.1, 0.15) is 5.82 Å².